The van der Waals surface area contributed by atoms with Gasteiger partial charge in [0.1, 0.15) is 11.4 Å². The third-order valence-corrected chi connectivity index (χ3v) is 3.22. The number of aromatic nitrogens is 2. The molecule has 2 rings (SSSR count). The lowest BCUT2D eigenvalue weighted by Crippen LogP contribution is -2.25. The topological polar surface area (TPSA) is 56.1 Å². The summed E-state index contributed by atoms with van der Waals surface area (Å²) in [5.74, 6) is 0.794. The maximum atomic E-state index is 12.0. The Labute approximate surface area is 124 Å². The summed E-state index contributed by atoms with van der Waals surface area (Å²) in [6, 6.07) is 9.23. The molecular formula is C16H21N3O2. The van der Waals surface area contributed by atoms with Crippen molar-refractivity contribution in [1.82, 2.24) is 15.1 Å². The van der Waals surface area contributed by atoms with Crippen LogP contribution >= 0.6 is 0 Å². The number of methoxy groups -OCH3 is 1. The SMILES string of the molecule is CCCNCc1nn(-c2ccc(OC)cc2)c(C)cc1=O. The van der Waals surface area contributed by atoms with Crippen molar-refractivity contribution in [3.63, 3.8) is 0 Å². The second kappa shape index (κ2) is 7.04. The van der Waals surface area contributed by atoms with E-state index >= 15 is 0 Å². The lowest BCUT2D eigenvalue weighted by molar-refractivity contribution is 0.414. The van der Waals surface area contributed by atoms with Crippen LogP contribution in [0.3, 0.4) is 0 Å². The van der Waals surface area contributed by atoms with E-state index in [1.54, 1.807) is 17.9 Å². The molecule has 2 aromatic rings. The lowest BCUT2D eigenvalue weighted by atomic mass is 10.2. The van der Waals surface area contributed by atoms with Crippen molar-refractivity contribution in [1.29, 1.82) is 0 Å². The van der Waals surface area contributed by atoms with Gasteiger partial charge in [-0.05, 0) is 44.2 Å². The van der Waals surface area contributed by atoms with E-state index in [2.05, 4.69) is 17.3 Å². The number of rotatable bonds is 6. The molecule has 0 aliphatic rings. The standard InChI is InChI=1S/C16H21N3O2/c1-4-9-17-11-15-16(20)10-12(2)19(18-15)13-5-7-14(21-3)8-6-13/h5-8,10,17H,4,9,11H2,1-3H3. The van der Waals surface area contributed by atoms with Crippen LogP contribution in [0.4, 0.5) is 0 Å². The molecule has 0 amide bonds. The van der Waals surface area contributed by atoms with E-state index in [0.717, 1.165) is 30.1 Å². The van der Waals surface area contributed by atoms with Gasteiger partial charge in [0.25, 0.3) is 0 Å². The van der Waals surface area contributed by atoms with Gasteiger partial charge in [-0.3, -0.25) is 4.79 Å². The van der Waals surface area contributed by atoms with E-state index in [9.17, 15) is 4.79 Å². The second-order valence-electron chi connectivity index (χ2n) is 4.88. The highest BCUT2D eigenvalue weighted by atomic mass is 16.5. The maximum absolute atomic E-state index is 12.0. The highest BCUT2D eigenvalue weighted by molar-refractivity contribution is 5.37. The molecule has 5 heteroatoms. The summed E-state index contributed by atoms with van der Waals surface area (Å²) in [7, 11) is 1.63. The van der Waals surface area contributed by atoms with Crippen LogP contribution in [-0.4, -0.2) is 23.4 Å². The van der Waals surface area contributed by atoms with Gasteiger partial charge in [-0.25, -0.2) is 4.68 Å². The zero-order chi connectivity index (χ0) is 15.2. The summed E-state index contributed by atoms with van der Waals surface area (Å²) in [5, 5.41) is 7.68. The zero-order valence-corrected chi connectivity index (χ0v) is 12.7. The molecule has 0 saturated carbocycles. The van der Waals surface area contributed by atoms with Crippen LogP contribution in [-0.2, 0) is 6.54 Å². The molecular weight excluding hydrogens is 266 g/mol. The number of aryl methyl sites for hydroxylation is 1. The van der Waals surface area contributed by atoms with Crippen LogP contribution in [0.1, 0.15) is 24.7 Å². The van der Waals surface area contributed by atoms with Gasteiger partial charge in [0.2, 0.25) is 5.43 Å². The number of hydrogen-bond acceptors (Lipinski definition) is 4. The summed E-state index contributed by atoms with van der Waals surface area (Å²) >= 11 is 0. The van der Waals surface area contributed by atoms with Gasteiger partial charge in [-0.15, -0.1) is 0 Å². The minimum Gasteiger partial charge on any atom is -0.497 e. The molecule has 0 saturated heterocycles. The molecule has 1 aromatic carbocycles. The van der Waals surface area contributed by atoms with Crippen LogP contribution in [0.5, 0.6) is 5.75 Å². The Bertz CT molecular complexity index is 648. The fourth-order valence-electron chi connectivity index (χ4n) is 2.07. The first-order chi connectivity index (χ1) is 10.2. The Morgan fingerprint density at radius 2 is 2.00 bits per heavy atom. The maximum Gasteiger partial charge on any atom is 0.204 e. The van der Waals surface area contributed by atoms with Crippen LogP contribution in [0.2, 0.25) is 0 Å². The Balaban J connectivity index is 2.33. The first-order valence-corrected chi connectivity index (χ1v) is 7.10. The normalized spacial score (nSPS) is 10.6. The first kappa shape index (κ1) is 15.3. The van der Waals surface area contributed by atoms with Gasteiger partial charge in [-0.1, -0.05) is 6.92 Å². The van der Waals surface area contributed by atoms with Gasteiger partial charge < -0.3 is 10.1 Å². The van der Waals surface area contributed by atoms with Crippen molar-refractivity contribution in [3.8, 4) is 11.4 Å². The van der Waals surface area contributed by atoms with E-state index in [4.69, 9.17) is 4.74 Å². The lowest BCUT2D eigenvalue weighted by Gasteiger charge is -2.12. The van der Waals surface area contributed by atoms with E-state index in [0.29, 0.717) is 12.2 Å². The number of nitrogens with zero attached hydrogens (tertiary/aromatic N) is 2. The number of hydrogen-bond donors (Lipinski definition) is 1. The number of nitrogens with one attached hydrogen (secondary N) is 1. The van der Waals surface area contributed by atoms with Gasteiger partial charge in [0.15, 0.2) is 0 Å². The Morgan fingerprint density at radius 1 is 1.29 bits per heavy atom. The predicted octanol–water partition coefficient (Wildman–Crippen LogP) is 2.05. The van der Waals surface area contributed by atoms with Crippen molar-refractivity contribution in [3.05, 3.63) is 51.9 Å². The molecule has 112 valence electrons. The summed E-state index contributed by atoms with van der Waals surface area (Å²) in [6.07, 6.45) is 1.03. The summed E-state index contributed by atoms with van der Waals surface area (Å²) in [4.78, 5) is 12.0. The monoisotopic (exact) mass is 287 g/mol. The molecule has 1 N–H and O–H groups in total. The van der Waals surface area contributed by atoms with Crippen LogP contribution in [0.25, 0.3) is 5.69 Å². The van der Waals surface area contributed by atoms with Gasteiger partial charge >= 0.3 is 0 Å². The highest BCUT2D eigenvalue weighted by Crippen LogP contribution is 2.15. The molecule has 0 unspecified atom stereocenters. The van der Waals surface area contributed by atoms with Crippen molar-refractivity contribution in [2.24, 2.45) is 0 Å². The smallest absolute Gasteiger partial charge is 0.204 e. The Kier molecular flexibility index (Phi) is 5.11. The minimum atomic E-state index is -0.0270. The number of benzene rings is 1. The molecule has 21 heavy (non-hydrogen) atoms. The van der Waals surface area contributed by atoms with Gasteiger partial charge in [0.05, 0.1) is 12.8 Å². The fraction of sp³-hybridized carbons (Fsp3) is 0.375. The third kappa shape index (κ3) is 3.70. The number of ether oxygens (including phenoxy) is 1. The van der Waals surface area contributed by atoms with Gasteiger partial charge in [0, 0.05) is 18.3 Å². The second-order valence-corrected chi connectivity index (χ2v) is 4.88. The fourth-order valence-corrected chi connectivity index (χ4v) is 2.07. The zero-order valence-electron chi connectivity index (χ0n) is 12.7. The first-order valence-electron chi connectivity index (χ1n) is 7.10. The van der Waals surface area contributed by atoms with Crippen LogP contribution < -0.4 is 15.5 Å². The van der Waals surface area contributed by atoms with Crippen molar-refractivity contribution < 1.29 is 4.74 Å². The van der Waals surface area contributed by atoms with Crippen molar-refractivity contribution in [2.75, 3.05) is 13.7 Å². The molecule has 0 aliphatic carbocycles. The van der Waals surface area contributed by atoms with E-state index < -0.39 is 0 Å². The van der Waals surface area contributed by atoms with E-state index in [1.807, 2.05) is 31.2 Å². The van der Waals surface area contributed by atoms with E-state index in [-0.39, 0.29) is 5.43 Å². The van der Waals surface area contributed by atoms with Gasteiger partial charge in [-0.2, -0.15) is 5.10 Å². The molecule has 1 aromatic heterocycles. The molecule has 0 bridgehead atoms. The predicted molar refractivity (Wildman–Crippen MR) is 83.1 cm³/mol. The summed E-state index contributed by atoms with van der Waals surface area (Å²) in [6.45, 7) is 5.33. The van der Waals surface area contributed by atoms with Crippen LogP contribution in [0, 0.1) is 6.92 Å². The Morgan fingerprint density at radius 3 is 2.62 bits per heavy atom. The largest absolute Gasteiger partial charge is 0.497 e. The van der Waals surface area contributed by atoms with E-state index in [1.165, 1.54) is 0 Å². The third-order valence-electron chi connectivity index (χ3n) is 3.22. The minimum absolute atomic E-state index is 0.0270. The van der Waals surface area contributed by atoms with Crippen LogP contribution in [0.15, 0.2) is 35.1 Å². The summed E-state index contributed by atoms with van der Waals surface area (Å²) < 4.78 is 6.94. The molecule has 1 heterocycles. The van der Waals surface area contributed by atoms with Crippen molar-refractivity contribution >= 4 is 0 Å². The molecule has 0 aliphatic heterocycles. The molecule has 5 nitrogen and oxygen atoms in total. The molecule has 0 spiro atoms. The molecule has 0 radical (unpaired) electrons. The van der Waals surface area contributed by atoms with Crippen molar-refractivity contribution in [2.45, 2.75) is 26.8 Å². The average molecular weight is 287 g/mol. The molecule has 0 fully saturated rings. The Hall–Kier alpha value is -2.14. The average Bonchev–Trinajstić information content (AvgIpc) is 2.50. The quantitative estimate of drug-likeness (QED) is 0.826. The molecule has 0 atom stereocenters. The summed E-state index contributed by atoms with van der Waals surface area (Å²) in [5.41, 5.74) is 2.22. The highest BCUT2D eigenvalue weighted by Gasteiger charge is 2.07.